The molecule has 52 valence electrons. The van der Waals surface area contributed by atoms with Crippen molar-refractivity contribution in [1.29, 1.82) is 0 Å². The SMILES string of the molecule is CCCC(F)(F)N=C=O. The van der Waals surface area contributed by atoms with E-state index < -0.39 is 6.05 Å². The Morgan fingerprint density at radius 2 is 2.22 bits per heavy atom. The van der Waals surface area contributed by atoms with Crippen molar-refractivity contribution in [2.45, 2.75) is 25.8 Å². The molecule has 0 aliphatic carbocycles. The van der Waals surface area contributed by atoms with Crippen molar-refractivity contribution in [2.24, 2.45) is 4.99 Å². The molecule has 0 radical (unpaired) electrons. The van der Waals surface area contributed by atoms with Crippen LogP contribution in [0.1, 0.15) is 19.8 Å². The van der Waals surface area contributed by atoms with Gasteiger partial charge in [-0.3, -0.25) is 0 Å². The minimum Gasteiger partial charge on any atom is -0.211 e. The number of rotatable bonds is 3. The summed E-state index contributed by atoms with van der Waals surface area (Å²) in [5, 5.41) is 0. The largest absolute Gasteiger partial charge is 0.351 e. The van der Waals surface area contributed by atoms with Crippen molar-refractivity contribution >= 4 is 6.08 Å². The van der Waals surface area contributed by atoms with E-state index in [1.807, 2.05) is 0 Å². The van der Waals surface area contributed by atoms with Gasteiger partial charge in [0.2, 0.25) is 6.08 Å². The van der Waals surface area contributed by atoms with Crippen LogP contribution in [0.2, 0.25) is 0 Å². The minimum atomic E-state index is -3.20. The molecule has 9 heavy (non-hydrogen) atoms. The summed E-state index contributed by atoms with van der Waals surface area (Å²) < 4.78 is 24.0. The first-order chi connectivity index (χ1) is 4.12. The van der Waals surface area contributed by atoms with Crippen molar-refractivity contribution in [3.8, 4) is 0 Å². The van der Waals surface area contributed by atoms with E-state index in [2.05, 4.69) is 4.99 Å². The number of hydrogen-bond donors (Lipinski definition) is 0. The molecule has 0 aliphatic heterocycles. The van der Waals surface area contributed by atoms with Gasteiger partial charge in [0.1, 0.15) is 0 Å². The molecule has 0 aromatic carbocycles. The number of halogens is 2. The average molecular weight is 135 g/mol. The normalized spacial score (nSPS) is 10.6. The molecule has 2 nitrogen and oxygen atoms in total. The molecule has 0 aromatic heterocycles. The van der Waals surface area contributed by atoms with Crippen molar-refractivity contribution in [3.63, 3.8) is 0 Å². The van der Waals surface area contributed by atoms with E-state index in [0.717, 1.165) is 6.08 Å². The Bertz CT molecular complexity index is 129. The van der Waals surface area contributed by atoms with Gasteiger partial charge in [-0.15, -0.1) is 4.99 Å². The summed E-state index contributed by atoms with van der Waals surface area (Å²) in [6, 6.07) is -3.20. The third-order valence-corrected chi connectivity index (χ3v) is 0.760. The highest BCUT2D eigenvalue weighted by atomic mass is 19.3. The molecular weight excluding hydrogens is 128 g/mol. The molecule has 0 unspecified atom stereocenters. The van der Waals surface area contributed by atoms with Crippen molar-refractivity contribution < 1.29 is 13.6 Å². The zero-order valence-electron chi connectivity index (χ0n) is 5.03. The predicted octanol–water partition coefficient (Wildman–Crippen LogP) is 1.72. The Balaban J connectivity index is 3.85. The Morgan fingerprint density at radius 1 is 1.67 bits per heavy atom. The molecule has 4 heteroatoms. The summed E-state index contributed by atoms with van der Waals surface area (Å²) in [5.74, 6) is 0. The molecule has 0 amide bonds. The maximum Gasteiger partial charge on any atom is 0.351 e. The third kappa shape index (κ3) is 3.79. The second-order valence-electron chi connectivity index (χ2n) is 1.62. The van der Waals surface area contributed by atoms with Gasteiger partial charge in [0.05, 0.1) is 0 Å². The van der Waals surface area contributed by atoms with Gasteiger partial charge in [-0.2, -0.15) is 8.78 Å². The first-order valence-electron chi connectivity index (χ1n) is 2.59. The number of alkyl halides is 2. The summed E-state index contributed by atoms with van der Waals surface area (Å²) in [4.78, 5) is 11.6. The van der Waals surface area contributed by atoms with Gasteiger partial charge in [0.15, 0.2) is 0 Å². The van der Waals surface area contributed by atoms with E-state index in [-0.39, 0.29) is 6.42 Å². The van der Waals surface area contributed by atoms with Gasteiger partial charge < -0.3 is 0 Å². The molecule has 0 saturated carbocycles. The molecule has 0 atom stereocenters. The molecule has 0 N–H and O–H groups in total. The Kier molecular flexibility index (Phi) is 3.02. The van der Waals surface area contributed by atoms with Crippen LogP contribution in [0.4, 0.5) is 8.78 Å². The molecule has 0 aliphatic rings. The second kappa shape index (κ2) is 3.30. The number of nitrogens with zero attached hydrogens (tertiary/aromatic N) is 1. The second-order valence-corrected chi connectivity index (χ2v) is 1.62. The van der Waals surface area contributed by atoms with Crippen LogP contribution in [0, 0.1) is 0 Å². The summed E-state index contributed by atoms with van der Waals surface area (Å²) in [6.45, 7) is 1.59. The van der Waals surface area contributed by atoms with Crippen LogP contribution >= 0.6 is 0 Å². The first-order valence-corrected chi connectivity index (χ1v) is 2.59. The molecule has 0 spiro atoms. The molecule has 0 fully saturated rings. The number of isocyanates is 1. The quantitative estimate of drug-likeness (QED) is 0.329. The maximum atomic E-state index is 12.0. The van der Waals surface area contributed by atoms with Crippen LogP contribution in [0.5, 0.6) is 0 Å². The highest BCUT2D eigenvalue weighted by Gasteiger charge is 2.25. The van der Waals surface area contributed by atoms with Gasteiger partial charge >= 0.3 is 6.05 Å². The van der Waals surface area contributed by atoms with E-state index in [9.17, 15) is 13.6 Å². The fraction of sp³-hybridized carbons (Fsp3) is 0.800. The van der Waals surface area contributed by atoms with Crippen LogP contribution < -0.4 is 0 Å². The zero-order valence-corrected chi connectivity index (χ0v) is 5.03. The van der Waals surface area contributed by atoms with Gasteiger partial charge in [-0.1, -0.05) is 6.92 Å². The highest BCUT2D eigenvalue weighted by molar-refractivity contribution is 5.33. The van der Waals surface area contributed by atoms with E-state index >= 15 is 0 Å². The monoisotopic (exact) mass is 135 g/mol. The fourth-order valence-corrected chi connectivity index (χ4v) is 0.423. The standard InChI is InChI=1S/C5H7F2NO/c1-2-3-5(6,7)8-4-9/h2-3H2,1H3. The van der Waals surface area contributed by atoms with Crippen LogP contribution in [0.3, 0.4) is 0 Å². The molecule has 0 bridgehead atoms. The first kappa shape index (κ1) is 8.24. The Morgan fingerprint density at radius 3 is 2.56 bits per heavy atom. The van der Waals surface area contributed by atoms with E-state index in [4.69, 9.17) is 0 Å². The highest BCUT2D eigenvalue weighted by Crippen LogP contribution is 2.20. The zero-order chi connectivity index (χ0) is 7.33. The van der Waals surface area contributed by atoms with E-state index in [0.29, 0.717) is 6.42 Å². The maximum absolute atomic E-state index is 12.0. The van der Waals surface area contributed by atoms with Gasteiger partial charge in [0, 0.05) is 6.42 Å². The lowest BCUT2D eigenvalue weighted by Crippen LogP contribution is -2.10. The lowest BCUT2D eigenvalue weighted by atomic mass is 10.3. The summed E-state index contributed by atoms with van der Waals surface area (Å²) in [6.07, 6.45) is 0.735. The van der Waals surface area contributed by atoms with Crippen molar-refractivity contribution in [1.82, 2.24) is 0 Å². The molecule has 0 aromatic rings. The molecule has 0 rings (SSSR count). The molecular formula is C5H7F2NO. The lowest BCUT2D eigenvalue weighted by molar-refractivity contribution is 0.00168. The van der Waals surface area contributed by atoms with Crippen LogP contribution in [0.15, 0.2) is 4.99 Å². The fourth-order valence-electron chi connectivity index (χ4n) is 0.423. The summed E-state index contributed by atoms with van der Waals surface area (Å²) >= 11 is 0. The van der Waals surface area contributed by atoms with Crippen LogP contribution in [-0.4, -0.2) is 12.1 Å². The predicted molar refractivity (Wildman–Crippen MR) is 28.0 cm³/mol. The molecule has 0 heterocycles. The van der Waals surface area contributed by atoms with Gasteiger partial charge in [-0.25, -0.2) is 4.79 Å². The topological polar surface area (TPSA) is 29.4 Å². The van der Waals surface area contributed by atoms with Gasteiger partial charge in [-0.05, 0) is 6.42 Å². The number of carbonyl (C=O) groups excluding carboxylic acids is 1. The number of hydrogen-bond acceptors (Lipinski definition) is 2. The van der Waals surface area contributed by atoms with Crippen molar-refractivity contribution in [2.75, 3.05) is 0 Å². The number of aliphatic imine (C=N–C) groups is 1. The van der Waals surface area contributed by atoms with Gasteiger partial charge in [0.25, 0.3) is 0 Å². The van der Waals surface area contributed by atoms with Crippen LogP contribution in [0.25, 0.3) is 0 Å². The summed E-state index contributed by atoms with van der Waals surface area (Å²) in [7, 11) is 0. The van der Waals surface area contributed by atoms with Crippen molar-refractivity contribution in [3.05, 3.63) is 0 Å². The lowest BCUT2D eigenvalue weighted by Gasteiger charge is -2.04. The van der Waals surface area contributed by atoms with E-state index in [1.165, 1.54) is 0 Å². The Labute approximate surface area is 51.6 Å². The smallest absolute Gasteiger partial charge is 0.211 e. The minimum absolute atomic E-state index is 0.304. The van der Waals surface area contributed by atoms with Crippen LogP contribution in [-0.2, 0) is 4.79 Å². The third-order valence-electron chi connectivity index (χ3n) is 0.760. The van der Waals surface area contributed by atoms with E-state index in [1.54, 1.807) is 6.92 Å². The molecule has 0 saturated heterocycles. The Hall–Kier alpha value is -0.760. The summed E-state index contributed by atoms with van der Waals surface area (Å²) in [5.41, 5.74) is 0. The average Bonchev–Trinajstić information content (AvgIpc) is 1.64.